The van der Waals surface area contributed by atoms with Gasteiger partial charge in [-0.2, -0.15) is 0 Å². The van der Waals surface area contributed by atoms with E-state index in [0.29, 0.717) is 4.88 Å². The molecule has 0 atom stereocenters. The molecule has 0 amide bonds. The van der Waals surface area contributed by atoms with Crippen molar-refractivity contribution in [1.29, 1.82) is 0 Å². The lowest BCUT2D eigenvalue weighted by atomic mass is 10.1. The van der Waals surface area contributed by atoms with Crippen molar-refractivity contribution in [3.8, 4) is 11.1 Å². The van der Waals surface area contributed by atoms with E-state index in [4.69, 9.17) is 4.74 Å². The first kappa shape index (κ1) is 10.9. The summed E-state index contributed by atoms with van der Waals surface area (Å²) in [5.41, 5.74) is 3.20. The summed E-state index contributed by atoms with van der Waals surface area (Å²) in [4.78, 5) is 12.2. The quantitative estimate of drug-likeness (QED) is 0.741. The number of ether oxygens (including phenoxy) is 1. The second kappa shape index (κ2) is 4.49. The third-order valence-electron chi connectivity index (χ3n) is 2.40. The fourth-order valence-corrected chi connectivity index (χ4v) is 2.35. The van der Waals surface area contributed by atoms with Gasteiger partial charge in [0.1, 0.15) is 4.88 Å². The van der Waals surface area contributed by atoms with Gasteiger partial charge in [0.2, 0.25) is 0 Å². The predicted octanol–water partition coefficient (Wildman–Crippen LogP) is 3.51. The molecule has 2 nitrogen and oxygen atoms in total. The zero-order valence-electron chi connectivity index (χ0n) is 9.19. The number of thiophene rings is 1. The molecule has 0 saturated heterocycles. The lowest BCUT2D eigenvalue weighted by Gasteiger charge is -2.02. The monoisotopic (exact) mass is 232 g/mol. The standard InChI is InChI=1S/C13H12O2S/c1-9-3-5-10(6-4-9)11-7-8-16-12(11)13(14)15-2/h3-8H,1-2H3. The molecule has 0 unspecified atom stereocenters. The van der Waals surface area contributed by atoms with Crippen LogP contribution in [0.3, 0.4) is 0 Å². The molecule has 82 valence electrons. The highest BCUT2D eigenvalue weighted by atomic mass is 32.1. The van der Waals surface area contributed by atoms with Crippen LogP contribution in [0.15, 0.2) is 35.7 Å². The molecule has 0 aliphatic rings. The number of carbonyl (C=O) groups excluding carboxylic acids is 1. The SMILES string of the molecule is COC(=O)c1sccc1-c1ccc(C)cc1. The Morgan fingerprint density at radius 2 is 1.88 bits per heavy atom. The summed E-state index contributed by atoms with van der Waals surface area (Å²) in [5, 5.41) is 1.90. The molecular weight excluding hydrogens is 220 g/mol. The highest BCUT2D eigenvalue weighted by Crippen LogP contribution is 2.28. The Morgan fingerprint density at radius 3 is 2.50 bits per heavy atom. The number of hydrogen-bond donors (Lipinski definition) is 0. The molecule has 1 aromatic heterocycles. The molecule has 2 rings (SSSR count). The van der Waals surface area contributed by atoms with Crippen LogP contribution in [-0.4, -0.2) is 13.1 Å². The molecule has 2 aromatic rings. The summed E-state index contributed by atoms with van der Waals surface area (Å²) < 4.78 is 4.75. The Balaban J connectivity index is 2.44. The lowest BCUT2D eigenvalue weighted by molar-refractivity contribution is 0.0607. The smallest absolute Gasteiger partial charge is 0.348 e. The Labute approximate surface area is 98.5 Å². The first-order valence-corrected chi connectivity index (χ1v) is 5.83. The summed E-state index contributed by atoms with van der Waals surface area (Å²) in [6, 6.07) is 10.1. The molecule has 1 aromatic carbocycles. The van der Waals surface area contributed by atoms with Crippen molar-refractivity contribution in [3.63, 3.8) is 0 Å². The number of hydrogen-bond acceptors (Lipinski definition) is 3. The highest BCUT2D eigenvalue weighted by Gasteiger charge is 2.14. The third-order valence-corrected chi connectivity index (χ3v) is 3.29. The molecule has 0 bridgehead atoms. The van der Waals surface area contributed by atoms with Crippen molar-refractivity contribution in [2.45, 2.75) is 6.92 Å². The maximum Gasteiger partial charge on any atom is 0.348 e. The van der Waals surface area contributed by atoms with E-state index in [2.05, 4.69) is 0 Å². The molecule has 0 saturated carbocycles. The van der Waals surface area contributed by atoms with E-state index in [1.54, 1.807) is 0 Å². The van der Waals surface area contributed by atoms with Gasteiger partial charge in [0.05, 0.1) is 7.11 Å². The van der Waals surface area contributed by atoms with Crippen molar-refractivity contribution in [2.75, 3.05) is 7.11 Å². The third kappa shape index (κ3) is 1.99. The van der Waals surface area contributed by atoms with Crippen molar-refractivity contribution in [1.82, 2.24) is 0 Å². The van der Waals surface area contributed by atoms with Crippen LogP contribution in [0.5, 0.6) is 0 Å². The van der Waals surface area contributed by atoms with Crippen molar-refractivity contribution < 1.29 is 9.53 Å². The van der Waals surface area contributed by atoms with Gasteiger partial charge < -0.3 is 4.74 Å². The van der Waals surface area contributed by atoms with E-state index in [1.165, 1.54) is 24.0 Å². The average molecular weight is 232 g/mol. The molecule has 0 radical (unpaired) electrons. The number of aryl methyl sites for hydroxylation is 1. The van der Waals surface area contributed by atoms with Crippen LogP contribution in [0, 0.1) is 6.92 Å². The van der Waals surface area contributed by atoms with E-state index in [9.17, 15) is 4.79 Å². The molecule has 0 N–H and O–H groups in total. The summed E-state index contributed by atoms with van der Waals surface area (Å²) in [7, 11) is 1.40. The number of carbonyl (C=O) groups is 1. The van der Waals surface area contributed by atoms with Crippen LogP contribution in [-0.2, 0) is 4.74 Å². The van der Waals surface area contributed by atoms with Crippen LogP contribution in [0.1, 0.15) is 15.2 Å². The van der Waals surface area contributed by atoms with Crippen LogP contribution >= 0.6 is 11.3 Å². The van der Waals surface area contributed by atoms with E-state index in [-0.39, 0.29) is 5.97 Å². The Kier molecular flexibility index (Phi) is 3.06. The van der Waals surface area contributed by atoms with Crippen molar-refractivity contribution in [2.24, 2.45) is 0 Å². The zero-order chi connectivity index (χ0) is 11.5. The fraction of sp³-hybridized carbons (Fsp3) is 0.154. The largest absolute Gasteiger partial charge is 0.465 e. The number of methoxy groups -OCH3 is 1. The van der Waals surface area contributed by atoms with Crippen LogP contribution < -0.4 is 0 Å². The topological polar surface area (TPSA) is 26.3 Å². The number of esters is 1. The summed E-state index contributed by atoms with van der Waals surface area (Å²) in [6.07, 6.45) is 0. The van der Waals surface area contributed by atoms with E-state index in [1.807, 2.05) is 42.6 Å². The minimum absolute atomic E-state index is 0.273. The Morgan fingerprint density at radius 1 is 1.19 bits per heavy atom. The maximum absolute atomic E-state index is 11.5. The maximum atomic E-state index is 11.5. The van der Waals surface area contributed by atoms with Gasteiger partial charge in [-0.15, -0.1) is 11.3 Å². The molecule has 0 fully saturated rings. The first-order chi connectivity index (χ1) is 7.72. The molecule has 0 aliphatic heterocycles. The van der Waals surface area contributed by atoms with Gasteiger partial charge in [-0.3, -0.25) is 0 Å². The second-order valence-electron chi connectivity index (χ2n) is 3.52. The number of rotatable bonds is 2. The minimum Gasteiger partial charge on any atom is -0.465 e. The second-order valence-corrected chi connectivity index (χ2v) is 4.44. The van der Waals surface area contributed by atoms with Gasteiger partial charge in [0.15, 0.2) is 0 Å². The van der Waals surface area contributed by atoms with Crippen molar-refractivity contribution in [3.05, 3.63) is 46.2 Å². The van der Waals surface area contributed by atoms with E-state index in [0.717, 1.165) is 11.1 Å². The Bertz CT molecular complexity index is 497. The normalized spacial score (nSPS) is 10.1. The Hall–Kier alpha value is -1.61. The predicted molar refractivity (Wildman–Crippen MR) is 65.8 cm³/mol. The van der Waals surface area contributed by atoms with Gasteiger partial charge in [0.25, 0.3) is 0 Å². The first-order valence-electron chi connectivity index (χ1n) is 4.95. The number of benzene rings is 1. The summed E-state index contributed by atoms with van der Waals surface area (Å²) in [5.74, 6) is -0.273. The molecule has 3 heteroatoms. The molecule has 1 heterocycles. The lowest BCUT2D eigenvalue weighted by Crippen LogP contribution is -1.99. The van der Waals surface area contributed by atoms with Gasteiger partial charge >= 0.3 is 5.97 Å². The summed E-state index contributed by atoms with van der Waals surface area (Å²) >= 11 is 1.41. The fourth-order valence-electron chi connectivity index (χ4n) is 1.52. The van der Waals surface area contributed by atoms with Crippen LogP contribution in [0.4, 0.5) is 0 Å². The van der Waals surface area contributed by atoms with E-state index < -0.39 is 0 Å². The minimum atomic E-state index is -0.273. The van der Waals surface area contributed by atoms with Gasteiger partial charge in [-0.1, -0.05) is 29.8 Å². The highest BCUT2D eigenvalue weighted by molar-refractivity contribution is 7.12. The summed E-state index contributed by atoms with van der Waals surface area (Å²) in [6.45, 7) is 2.04. The molecular formula is C13H12O2S. The van der Waals surface area contributed by atoms with E-state index >= 15 is 0 Å². The molecule has 16 heavy (non-hydrogen) atoms. The van der Waals surface area contributed by atoms with Gasteiger partial charge in [0, 0.05) is 5.56 Å². The molecule has 0 aliphatic carbocycles. The van der Waals surface area contributed by atoms with Gasteiger partial charge in [-0.05, 0) is 23.9 Å². The van der Waals surface area contributed by atoms with Gasteiger partial charge in [-0.25, -0.2) is 4.79 Å². The van der Waals surface area contributed by atoms with Crippen LogP contribution in [0.2, 0.25) is 0 Å². The zero-order valence-corrected chi connectivity index (χ0v) is 10.0. The molecule has 0 spiro atoms. The van der Waals surface area contributed by atoms with Crippen LogP contribution in [0.25, 0.3) is 11.1 Å². The average Bonchev–Trinajstić information content (AvgIpc) is 2.78. The van der Waals surface area contributed by atoms with Crippen molar-refractivity contribution >= 4 is 17.3 Å².